The molecule has 4 heteroatoms. The zero-order chi connectivity index (χ0) is 15.8. The molecule has 4 rings (SSSR count). The highest BCUT2D eigenvalue weighted by Crippen LogP contribution is 2.35. The first-order valence-corrected chi connectivity index (χ1v) is 7.23. The fourth-order valence-electron chi connectivity index (χ4n) is 2.70. The van der Waals surface area contributed by atoms with E-state index in [1.165, 1.54) is 12.1 Å². The molecule has 0 aliphatic heterocycles. The molecule has 0 unspecified atom stereocenters. The highest BCUT2D eigenvalue weighted by Gasteiger charge is 2.16. The third-order valence-corrected chi connectivity index (χ3v) is 3.79. The van der Waals surface area contributed by atoms with Gasteiger partial charge >= 0.3 is 0 Å². The van der Waals surface area contributed by atoms with Crippen molar-refractivity contribution < 1.29 is 4.39 Å². The van der Waals surface area contributed by atoms with Crippen LogP contribution in [0.15, 0.2) is 67.1 Å². The fourth-order valence-corrected chi connectivity index (χ4v) is 2.70. The molecule has 0 aliphatic rings. The molecule has 23 heavy (non-hydrogen) atoms. The second-order valence-corrected chi connectivity index (χ2v) is 5.33. The van der Waals surface area contributed by atoms with Gasteiger partial charge in [-0.3, -0.25) is 4.98 Å². The van der Waals surface area contributed by atoms with Crippen LogP contribution in [0.5, 0.6) is 0 Å². The number of halogens is 1. The summed E-state index contributed by atoms with van der Waals surface area (Å²) in [6.45, 7) is 4.00. The molecular formula is C19H13FN3. The number of fused-ring (bicyclic) bond motifs is 1. The van der Waals surface area contributed by atoms with Gasteiger partial charge in [0, 0.05) is 29.7 Å². The Labute approximate surface area is 133 Å². The molecule has 0 fully saturated rings. The molecule has 0 saturated carbocycles. The molecule has 0 spiro atoms. The van der Waals surface area contributed by atoms with E-state index in [1.54, 1.807) is 24.5 Å². The molecule has 0 bridgehead atoms. The summed E-state index contributed by atoms with van der Waals surface area (Å²) >= 11 is 0. The number of nitrogens with zero attached hydrogens (tertiary/aromatic N) is 3. The van der Waals surface area contributed by atoms with Crippen molar-refractivity contribution in [3.05, 3.63) is 85.4 Å². The highest BCUT2D eigenvalue weighted by molar-refractivity contribution is 5.92. The Balaban J connectivity index is 2.05. The smallest absolute Gasteiger partial charge is 0.123 e. The van der Waals surface area contributed by atoms with Crippen LogP contribution >= 0.6 is 0 Å². The van der Waals surface area contributed by atoms with E-state index in [9.17, 15) is 4.39 Å². The van der Waals surface area contributed by atoms with Gasteiger partial charge in [-0.2, -0.15) is 5.10 Å². The van der Waals surface area contributed by atoms with E-state index in [-0.39, 0.29) is 5.82 Å². The molecule has 3 nitrogen and oxygen atoms in total. The van der Waals surface area contributed by atoms with Gasteiger partial charge in [0.1, 0.15) is 11.5 Å². The van der Waals surface area contributed by atoms with Gasteiger partial charge in [0.05, 0.1) is 5.52 Å². The van der Waals surface area contributed by atoms with Gasteiger partial charge in [-0.25, -0.2) is 8.91 Å². The Morgan fingerprint density at radius 2 is 1.65 bits per heavy atom. The standard InChI is InChI=1S/C19H13FN3/c1-13-8-11-23-17(12-13)18(14-6-9-21-10-7-14)19(22-23)15-2-4-16(20)5-3-15/h2-12H,1H2. The molecular weight excluding hydrogens is 289 g/mol. The Hall–Kier alpha value is -3.01. The maximum atomic E-state index is 13.2. The number of hydrogen-bond acceptors (Lipinski definition) is 2. The maximum Gasteiger partial charge on any atom is 0.123 e. The third-order valence-electron chi connectivity index (χ3n) is 3.79. The van der Waals surface area contributed by atoms with Crippen molar-refractivity contribution in [2.45, 2.75) is 0 Å². The van der Waals surface area contributed by atoms with Gasteiger partial charge in [0.15, 0.2) is 0 Å². The van der Waals surface area contributed by atoms with Crippen LogP contribution in [-0.4, -0.2) is 14.6 Å². The third kappa shape index (κ3) is 2.38. The Morgan fingerprint density at radius 3 is 2.39 bits per heavy atom. The second kappa shape index (κ2) is 5.32. The van der Waals surface area contributed by atoms with E-state index in [4.69, 9.17) is 0 Å². The van der Waals surface area contributed by atoms with Crippen molar-refractivity contribution in [2.24, 2.45) is 0 Å². The summed E-state index contributed by atoms with van der Waals surface area (Å²) < 4.78 is 15.1. The minimum absolute atomic E-state index is 0.261. The van der Waals surface area contributed by atoms with Gasteiger partial charge in [0.2, 0.25) is 0 Å². The molecule has 3 heterocycles. The van der Waals surface area contributed by atoms with Crippen LogP contribution in [0, 0.1) is 12.7 Å². The summed E-state index contributed by atoms with van der Waals surface area (Å²) in [4.78, 5) is 4.08. The quantitative estimate of drug-likeness (QED) is 0.550. The van der Waals surface area contributed by atoms with Crippen molar-refractivity contribution in [2.75, 3.05) is 0 Å². The van der Waals surface area contributed by atoms with E-state index in [1.807, 2.05) is 35.0 Å². The molecule has 0 amide bonds. The molecule has 0 atom stereocenters. The van der Waals surface area contributed by atoms with Crippen LogP contribution in [0.2, 0.25) is 0 Å². The topological polar surface area (TPSA) is 30.2 Å². The zero-order valence-corrected chi connectivity index (χ0v) is 12.3. The highest BCUT2D eigenvalue weighted by atomic mass is 19.1. The van der Waals surface area contributed by atoms with E-state index in [0.717, 1.165) is 33.5 Å². The van der Waals surface area contributed by atoms with Crippen LogP contribution in [0.3, 0.4) is 0 Å². The number of rotatable bonds is 2. The molecule has 0 saturated heterocycles. The number of benzene rings is 1. The van der Waals surface area contributed by atoms with Gasteiger partial charge in [0.25, 0.3) is 0 Å². The lowest BCUT2D eigenvalue weighted by atomic mass is 10.0. The summed E-state index contributed by atoms with van der Waals surface area (Å²) in [6.07, 6.45) is 5.39. The van der Waals surface area contributed by atoms with Crippen LogP contribution < -0.4 is 0 Å². The lowest BCUT2D eigenvalue weighted by molar-refractivity contribution is 0.628. The summed E-state index contributed by atoms with van der Waals surface area (Å²) in [6, 6.07) is 14.2. The summed E-state index contributed by atoms with van der Waals surface area (Å²) in [5.41, 5.74) is 5.56. The summed E-state index contributed by atoms with van der Waals surface area (Å²) in [7, 11) is 0. The molecule has 0 N–H and O–H groups in total. The first kappa shape index (κ1) is 13.6. The average molecular weight is 302 g/mol. The molecule has 3 aromatic heterocycles. The molecule has 4 aromatic rings. The van der Waals surface area contributed by atoms with E-state index in [0.29, 0.717) is 0 Å². The fraction of sp³-hybridized carbons (Fsp3) is 0. The number of aromatic nitrogens is 3. The Kier molecular flexibility index (Phi) is 3.15. The van der Waals surface area contributed by atoms with Crippen LogP contribution in [-0.2, 0) is 0 Å². The SMILES string of the molecule is [CH2]c1ccn2nc(-c3ccc(F)cc3)c(-c3ccncc3)c2c1. The molecule has 1 radical (unpaired) electrons. The van der Waals surface area contributed by atoms with Crippen LogP contribution in [0.25, 0.3) is 27.9 Å². The maximum absolute atomic E-state index is 13.2. The lowest BCUT2D eigenvalue weighted by Crippen LogP contribution is -1.86. The average Bonchev–Trinajstić information content (AvgIpc) is 2.95. The largest absolute Gasteiger partial charge is 0.265 e. The van der Waals surface area contributed by atoms with E-state index < -0.39 is 0 Å². The van der Waals surface area contributed by atoms with E-state index in [2.05, 4.69) is 17.0 Å². The van der Waals surface area contributed by atoms with Gasteiger partial charge in [-0.05, 0) is 66.6 Å². The second-order valence-electron chi connectivity index (χ2n) is 5.33. The molecule has 0 aliphatic carbocycles. The Bertz CT molecular complexity index is 973. The lowest BCUT2D eigenvalue weighted by Gasteiger charge is -2.04. The Morgan fingerprint density at radius 1 is 0.913 bits per heavy atom. The monoisotopic (exact) mass is 302 g/mol. The van der Waals surface area contributed by atoms with Crippen LogP contribution in [0.1, 0.15) is 5.56 Å². The predicted molar refractivity (Wildman–Crippen MR) is 88.3 cm³/mol. The van der Waals surface area contributed by atoms with Gasteiger partial charge in [-0.1, -0.05) is 0 Å². The van der Waals surface area contributed by atoms with Crippen molar-refractivity contribution in [3.63, 3.8) is 0 Å². The first-order valence-electron chi connectivity index (χ1n) is 7.23. The first-order chi connectivity index (χ1) is 11.2. The van der Waals surface area contributed by atoms with Crippen molar-refractivity contribution in [3.8, 4) is 22.4 Å². The van der Waals surface area contributed by atoms with Gasteiger partial charge in [-0.15, -0.1) is 0 Å². The molecule has 111 valence electrons. The number of pyridine rings is 2. The zero-order valence-electron chi connectivity index (χ0n) is 12.3. The van der Waals surface area contributed by atoms with Crippen molar-refractivity contribution in [1.29, 1.82) is 0 Å². The van der Waals surface area contributed by atoms with Crippen LogP contribution in [0.4, 0.5) is 4.39 Å². The summed E-state index contributed by atoms with van der Waals surface area (Å²) in [5.74, 6) is -0.261. The van der Waals surface area contributed by atoms with E-state index >= 15 is 0 Å². The summed E-state index contributed by atoms with van der Waals surface area (Å²) in [5, 5.41) is 4.68. The molecule has 1 aromatic carbocycles. The normalized spacial score (nSPS) is 11.0. The minimum Gasteiger partial charge on any atom is -0.265 e. The van der Waals surface area contributed by atoms with Crippen molar-refractivity contribution in [1.82, 2.24) is 14.6 Å². The number of hydrogen-bond donors (Lipinski definition) is 0. The predicted octanol–water partition coefficient (Wildman–Crippen LogP) is 4.38. The van der Waals surface area contributed by atoms with Gasteiger partial charge < -0.3 is 0 Å². The minimum atomic E-state index is -0.261. The van der Waals surface area contributed by atoms with Crippen molar-refractivity contribution >= 4 is 5.52 Å².